The Balaban J connectivity index is 3.23. The molecular formula is C19H39NO2. The van der Waals surface area contributed by atoms with Gasteiger partial charge in [-0.05, 0) is 33.9 Å². The molecule has 0 saturated heterocycles. The Kier molecular flexibility index (Phi) is 14.9. The third-order valence-corrected chi connectivity index (χ3v) is 4.41. The van der Waals surface area contributed by atoms with Crippen molar-refractivity contribution >= 4 is 5.97 Å². The second kappa shape index (κ2) is 15.3. The van der Waals surface area contributed by atoms with Crippen molar-refractivity contribution in [2.45, 2.75) is 96.9 Å². The molecular weight excluding hydrogens is 274 g/mol. The number of unbranched alkanes of at least 4 members (excludes halogenated alkanes) is 9. The Morgan fingerprint density at radius 2 is 1.41 bits per heavy atom. The summed E-state index contributed by atoms with van der Waals surface area (Å²) in [4.78, 5) is 13.7. The molecule has 0 fully saturated rings. The van der Waals surface area contributed by atoms with E-state index in [1.807, 2.05) is 14.1 Å². The smallest absolute Gasteiger partial charge is 0.305 e. The molecule has 0 aromatic heterocycles. The van der Waals surface area contributed by atoms with E-state index < -0.39 is 0 Å². The molecule has 0 aliphatic heterocycles. The van der Waals surface area contributed by atoms with E-state index in [0.29, 0.717) is 19.1 Å². The van der Waals surface area contributed by atoms with Crippen molar-refractivity contribution in [3.8, 4) is 0 Å². The third kappa shape index (κ3) is 14.4. The second-order valence-corrected chi connectivity index (χ2v) is 6.75. The Bertz CT molecular complexity index is 254. The monoisotopic (exact) mass is 313 g/mol. The Morgan fingerprint density at radius 3 is 1.91 bits per heavy atom. The zero-order valence-electron chi connectivity index (χ0n) is 15.5. The van der Waals surface area contributed by atoms with Crippen LogP contribution in [0.25, 0.3) is 0 Å². The predicted molar refractivity (Wildman–Crippen MR) is 95.2 cm³/mol. The molecule has 3 nitrogen and oxygen atoms in total. The number of rotatable bonds is 15. The van der Waals surface area contributed by atoms with Crippen molar-refractivity contribution in [1.29, 1.82) is 0 Å². The van der Waals surface area contributed by atoms with Gasteiger partial charge in [-0.25, -0.2) is 0 Å². The maximum Gasteiger partial charge on any atom is 0.305 e. The zero-order valence-corrected chi connectivity index (χ0v) is 15.5. The van der Waals surface area contributed by atoms with E-state index in [4.69, 9.17) is 4.74 Å². The van der Waals surface area contributed by atoms with E-state index in [1.54, 1.807) is 0 Å². The molecule has 0 heterocycles. The van der Waals surface area contributed by atoms with E-state index >= 15 is 0 Å². The minimum Gasteiger partial charge on any atom is -0.466 e. The molecule has 0 radical (unpaired) electrons. The molecule has 0 aliphatic carbocycles. The summed E-state index contributed by atoms with van der Waals surface area (Å²) in [7, 11) is 4.08. The Morgan fingerprint density at radius 1 is 0.909 bits per heavy atom. The van der Waals surface area contributed by atoms with Crippen molar-refractivity contribution in [1.82, 2.24) is 4.90 Å². The van der Waals surface area contributed by atoms with Crippen LogP contribution >= 0.6 is 0 Å². The van der Waals surface area contributed by atoms with Crippen LogP contribution in [0.4, 0.5) is 0 Å². The highest BCUT2D eigenvalue weighted by Gasteiger charge is 2.08. The topological polar surface area (TPSA) is 29.5 Å². The first-order valence-electron chi connectivity index (χ1n) is 9.40. The van der Waals surface area contributed by atoms with Gasteiger partial charge in [0.05, 0.1) is 6.61 Å². The van der Waals surface area contributed by atoms with Crippen LogP contribution in [-0.2, 0) is 9.53 Å². The van der Waals surface area contributed by atoms with Gasteiger partial charge in [0.15, 0.2) is 0 Å². The maximum atomic E-state index is 11.6. The van der Waals surface area contributed by atoms with E-state index in [1.165, 1.54) is 57.8 Å². The fourth-order valence-corrected chi connectivity index (χ4v) is 2.43. The summed E-state index contributed by atoms with van der Waals surface area (Å²) in [6, 6.07) is 0.435. The van der Waals surface area contributed by atoms with Crippen molar-refractivity contribution in [3.63, 3.8) is 0 Å². The van der Waals surface area contributed by atoms with Crippen LogP contribution < -0.4 is 0 Å². The molecule has 0 bridgehead atoms. The van der Waals surface area contributed by atoms with E-state index in [-0.39, 0.29) is 5.97 Å². The van der Waals surface area contributed by atoms with Crippen molar-refractivity contribution in [3.05, 3.63) is 0 Å². The van der Waals surface area contributed by atoms with Crippen molar-refractivity contribution in [2.24, 2.45) is 0 Å². The van der Waals surface area contributed by atoms with Crippen LogP contribution in [0.5, 0.6) is 0 Å². The van der Waals surface area contributed by atoms with Crippen LogP contribution in [-0.4, -0.2) is 37.6 Å². The van der Waals surface area contributed by atoms with Crippen LogP contribution in [0.1, 0.15) is 90.9 Å². The first-order valence-corrected chi connectivity index (χ1v) is 9.40. The number of hydrogen-bond acceptors (Lipinski definition) is 3. The van der Waals surface area contributed by atoms with Crippen LogP contribution in [0, 0.1) is 0 Å². The highest BCUT2D eigenvalue weighted by atomic mass is 16.5. The molecule has 0 aromatic carbocycles. The predicted octanol–water partition coefficient (Wildman–Crippen LogP) is 5.18. The SMILES string of the molecule is CCCCCCCCCCCCOC(=O)CCC(C)N(C)C. The highest BCUT2D eigenvalue weighted by molar-refractivity contribution is 5.69. The molecule has 0 amide bonds. The standard InChI is InChI=1S/C19H39NO2/c1-5-6-7-8-9-10-11-12-13-14-17-22-19(21)16-15-18(2)20(3)4/h18H,5-17H2,1-4H3. The summed E-state index contributed by atoms with van der Waals surface area (Å²) in [6.07, 6.45) is 14.5. The lowest BCUT2D eigenvalue weighted by atomic mass is 10.1. The quantitative estimate of drug-likeness (QED) is 0.308. The largest absolute Gasteiger partial charge is 0.466 e. The van der Waals surface area contributed by atoms with Gasteiger partial charge in [0.1, 0.15) is 0 Å². The molecule has 0 saturated carbocycles. The van der Waals surface area contributed by atoms with Gasteiger partial charge in [0.25, 0.3) is 0 Å². The van der Waals surface area contributed by atoms with Crippen LogP contribution in [0.2, 0.25) is 0 Å². The summed E-state index contributed by atoms with van der Waals surface area (Å²) in [6.45, 7) is 5.00. The van der Waals surface area contributed by atoms with Gasteiger partial charge < -0.3 is 9.64 Å². The number of carbonyl (C=O) groups excluding carboxylic acids is 1. The summed E-state index contributed by atoms with van der Waals surface area (Å²) < 4.78 is 5.29. The Hall–Kier alpha value is -0.570. The molecule has 0 N–H and O–H groups in total. The molecule has 132 valence electrons. The van der Waals surface area contributed by atoms with Crippen molar-refractivity contribution in [2.75, 3.05) is 20.7 Å². The van der Waals surface area contributed by atoms with Gasteiger partial charge >= 0.3 is 5.97 Å². The number of ether oxygens (including phenoxy) is 1. The first kappa shape index (κ1) is 21.4. The van der Waals surface area contributed by atoms with Gasteiger partial charge in [-0.15, -0.1) is 0 Å². The lowest BCUT2D eigenvalue weighted by molar-refractivity contribution is -0.144. The molecule has 22 heavy (non-hydrogen) atoms. The average molecular weight is 314 g/mol. The average Bonchev–Trinajstić information content (AvgIpc) is 2.50. The molecule has 0 spiro atoms. The van der Waals surface area contributed by atoms with Crippen LogP contribution in [0.3, 0.4) is 0 Å². The van der Waals surface area contributed by atoms with Gasteiger partial charge in [0, 0.05) is 12.5 Å². The lowest BCUT2D eigenvalue weighted by Crippen LogP contribution is -2.25. The molecule has 0 aromatic rings. The minimum absolute atomic E-state index is 0.0374. The second-order valence-electron chi connectivity index (χ2n) is 6.75. The summed E-state index contributed by atoms with van der Waals surface area (Å²) >= 11 is 0. The zero-order chi connectivity index (χ0) is 16.6. The maximum absolute atomic E-state index is 11.6. The minimum atomic E-state index is -0.0374. The molecule has 0 rings (SSSR count). The number of nitrogens with zero attached hydrogens (tertiary/aromatic N) is 1. The molecule has 3 heteroatoms. The number of hydrogen-bond donors (Lipinski definition) is 0. The van der Waals surface area contributed by atoms with Gasteiger partial charge in [0.2, 0.25) is 0 Å². The normalized spacial score (nSPS) is 12.6. The summed E-state index contributed by atoms with van der Waals surface area (Å²) in [5.41, 5.74) is 0. The van der Waals surface area contributed by atoms with E-state index in [0.717, 1.165) is 12.8 Å². The van der Waals surface area contributed by atoms with E-state index in [9.17, 15) is 4.79 Å². The van der Waals surface area contributed by atoms with Gasteiger partial charge in [-0.3, -0.25) is 4.79 Å². The molecule has 0 aliphatic rings. The molecule has 1 unspecified atom stereocenters. The molecule has 1 atom stereocenters. The third-order valence-electron chi connectivity index (χ3n) is 4.41. The lowest BCUT2D eigenvalue weighted by Gasteiger charge is -2.18. The van der Waals surface area contributed by atoms with Gasteiger partial charge in [-0.1, -0.05) is 64.7 Å². The van der Waals surface area contributed by atoms with Crippen LogP contribution in [0.15, 0.2) is 0 Å². The fraction of sp³-hybridized carbons (Fsp3) is 0.947. The summed E-state index contributed by atoms with van der Waals surface area (Å²) in [5.74, 6) is -0.0374. The van der Waals surface area contributed by atoms with Crippen molar-refractivity contribution < 1.29 is 9.53 Å². The van der Waals surface area contributed by atoms with Gasteiger partial charge in [-0.2, -0.15) is 0 Å². The first-order chi connectivity index (χ1) is 10.6. The van der Waals surface area contributed by atoms with E-state index in [2.05, 4.69) is 18.7 Å². The summed E-state index contributed by atoms with van der Waals surface area (Å²) in [5, 5.41) is 0. The Labute approximate surface area is 138 Å². The fourth-order valence-electron chi connectivity index (χ4n) is 2.43. The number of esters is 1. The highest BCUT2D eigenvalue weighted by Crippen LogP contribution is 2.10. The number of carbonyl (C=O) groups is 1.